The van der Waals surface area contributed by atoms with Crippen LogP contribution in [-0.4, -0.2) is 30.6 Å². The van der Waals surface area contributed by atoms with E-state index in [1.807, 2.05) is 35.7 Å². The fraction of sp³-hybridized carbons (Fsp3) is 0.368. The van der Waals surface area contributed by atoms with Crippen LogP contribution in [0.1, 0.15) is 23.3 Å². The number of rotatable bonds is 7. The van der Waals surface area contributed by atoms with E-state index in [-0.39, 0.29) is 19.0 Å². The van der Waals surface area contributed by atoms with E-state index in [0.29, 0.717) is 5.75 Å². The first-order chi connectivity index (χ1) is 12.5. The number of benzene rings is 1. The zero-order chi connectivity index (χ0) is 18.6. The van der Waals surface area contributed by atoms with Crippen molar-refractivity contribution in [1.29, 1.82) is 0 Å². The monoisotopic (exact) mass is 374 g/mol. The highest BCUT2D eigenvalue weighted by Crippen LogP contribution is 2.46. The topological polar surface area (TPSA) is 87.7 Å². The lowest BCUT2D eigenvalue weighted by Crippen LogP contribution is -2.47. The van der Waals surface area contributed by atoms with Crippen molar-refractivity contribution in [3.05, 3.63) is 52.2 Å². The number of thiophene rings is 1. The summed E-state index contributed by atoms with van der Waals surface area (Å²) < 4.78 is 5.22. The second-order valence-corrected chi connectivity index (χ2v) is 7.30. The average molecular weight is 374 g/mol. The van der Waals surface area contributed by atoms with E-state index in [0.717, 1.165) is 23.3 Å². The van der Waals surface area contributed by atoms with Gasteiger partial charge in [0.15, 0.2) is 0 Å². The molecule has 0 saturated heterocycles. The lowest BCUT2D eigenvalue weighted by atomic mass is 9.95. The smallest absolute Gasteiger partial charge is 0.309 e. The van der Waals surface area contributed by atoms with Crippen molar-refractivity contribution in [2.45, 2.75) is 25.0 Å². The maximum Gasteiger partial charge on any atom is 0.309 e. The second kappa shape index (κ2) is 7.88. The normalized spacial score (nSPS) is 15.8. The predicted molar refractivity (Wildman–Crippen MR) is 98.8 cm³/mol. The van der Waals surface area contributed by atoms with Crippen LogP contribution in [0.3, 0.4) is 0 Å². The van der Waals surface area contributed by atoms with Crippen LogP contribution >= 0.6 is 11.3 Å². The van der Waals surface area contributed by atoms with E-state index in [2.05, 4.69) is 10.6 Å². The van der Waals surface area contributed by atoms with Crippen molar-refractivity contribution in [2.24, 2.45) is 5.92 Å². The standard InChI is InChI=1S/C19H22N2O4S/c1-25-15-6-3-2-5-13(15)11-20-17(22)18(23)21-12-19(24,14-8-9-14)16-7-4-10-26-16/h2-7,10,14,24H,8-9,11-12H2,1H3,(H,20,22)(H,21,23)/t19-/m1/s1. The molecule has 0 radical (unpaired) electrons. The lowest BCUT2D eigenvalue weighted by molar-refractivity contribution is -0.140. The summed E-state index contributed by atoms with van der Waals surface area (Å²) in [5.41, 5.74) is -0.323. The maximum absolute atomic E-state index is 12.1. The molecule has 1 fully saturated rings. The number of methoxy groups -OCH3 is 1. The fourth-order valence-electron chi connectivity index (χ4n) is 2.92. The van der Waals surface area contributed by atoms with Crippen LogP contribution in [0.5, 0.6) is 5.75 Å². The molecular weight excluding hydrogens is 352 g/mol. The minimum atomic E-state index is -1.10. The van der Waals surface area contributed by atoms with Gasteiger partial charge in [-0.05, 0) is 36.3 Å². The zero-order valence-corrected chi connectivity index (χ0v) is 15.3. The molecule has 3 rings (SSSR count). The number of ether oxygens (including phenoxy) is 1. The average Bonchev–Trinajstić information content (AvgIpc) is 3.38. The van der Waals surface area contributed by atoms with Gasteiger partial charge in [0.1, 0.15) is 11.4 Å². The molecule has 1 heterocycles. The molecule has 26 heavy (non-hydrogen) atoms. The molecule has 2 amide bonds. The Hall–Kier alpha value is -2.38. The summed E-state index contributed by atoms with van der Waals surface area (Å²) in [4.78, 5) is 25.0. The van der Waals surface area contributed by atoms with Crippen molar-refractivity contribution in [1.82, 2.24) is 10.6 Å². The molecule has 1 aromatic heterocycles. The third kappa shape index (κ3) is 4.05. The van der Waals surface area contributed by atoms with E-state index >= 15 is 0 Å². The molecule has 3 N–H and O–H groups in total. The highest BCUT2D eigenvalue weighted by atomic mass is 32.1. The summed E-state index contributed by atoms with van der Waals surface area (Å²) in [6, 6.07) is 11.0. The number of carbonyl (C=O) groups is 2. The Kier molecular flexibility index (Phi) is 5.58. The van der Waals surface area contributed by atoms with E-state index in [1.165, 1.54) is 11.3 Å². The van der Waals surface area contributed by atoms with Crippen molar-refractivity contribution in [3.63, 3.8) is 0 Å². The van der Waals surface area contributed by atoms with Crippen LogP contribution in [0.4, 0.5) is 0 Å². The molecule has 2 aromatic rings. The molecule has 1 atom stereocenters. The summed E-state index contributed by atoms with van der Waals surface area (Å²) >= 11 is 1.45. The van der Waals surface area contributed by atoms with Gasteiger partial charge in [0.2, 0.25) is 0 Å². The van der Waals surface area contributed by atoms with Crippen LogP contribution in [0.25, 0.3) is 0 Å². The van der Waals surface area contributed by atoms with Crippen molar-refractivity contribution >= 4 is 23.2 Å². The first kappa shape index (κ1) is 18.4. The molecule has 1 aromatic carbocycles. The van der Waals surface area contributed by atoms with E-state index < -0.39 is 17.4 Å². The SMILES string of the molecule is COc1ccccc1CNC(=O)C(=O)NC[C@](O)(c1cccs1)C1CC1. The number of carbonyl (C=O) groups excluding carboxylic acids is 2. The van der Waals surface area contributed by atoms with Crippen LogP contribution in [0, 0.1) is 5.92 Å². The summed E-state index contributed by atoms with van der Waals surface area (Å²) in [5.74, 6) is -0.720. The fourth-order valence-corrected chi connectivity index (χ4v) is 3.82. The molecule has 0 aliphatic heterocycles. The maximum atomic E-state index is 12.1. The molecule has 138 valence electrons. The number of aliphatic hydroxyl groups is 1. The first-order valence-electron chi connectivity index (χ1n) is 8.49. The Bertz CT molecular complexity index is 774. The zero-order valence-electron chi connectivity index (χ0n) is 14.5. The third-order valence-corrected chi connectivity index (χ3v) is 5.59. The predicted octanol–water partition coefficient (Wildman–Crippen LogP) is 1.79. The van der Waals surface area contributed by atoms with Gasteiger partial charge in [0, 0.05) is 17.0 Å². The van der Waals surface area contributed by atoms with Gasteiger partial charge in [-0.2, -0.15) is 0 Å². The van der Waals surface area contributed by atoms with E-state index in [1.54, 1.807) is 13.2 Å². The number of hydrogen-bond donors (Lipinski definition) is 3. The van der Waals surface area contributed by atoms with Gasteiger partial charge in [-0.25, -0.2) is 0 Å². The molecular formula is C19H22N2O4S. The van der Waals surface area contributed by atoms with E-state index in [4.69, 9.17) is 4.74 Å². The summed E-state index contributed by atoms with van der Waals surface area (Å²) in [5, 5.41) is 18.0. The largest absolute Gasteiger partial charge is 0.496 e. The Labute approximate surface area is 156 Å². The molecule has 0 spiro atoms. The Balaban J connectivity index is 1.55. The van der Waals surface area contributed by atoms with Crippen LogP contribution in [-0.2, 0) is 21.7 Å². The number of para-hydroxylation sites is 1. The molecule has 0 bridgehead atoms. The quantitative estimate of drug-likeness (QED) is 0.645. The second-order valence-electron chi connectivity index (χ2n) is 6.35. The third-order valence-electron chi connectivity index (χ3n) is 4.56. The Morgan fingerprint density at radius 2 is 1.92 bits per heavy atom. The van der Waals surface area contributed by atoms with Crippen molar-refractivity contribution in [2.75, 3.05) is 13.7 Å². The minimum absolute atomic E-state index is 0.0269. The van der Waals surface area contributed by atoms with Gasteiger partial charge in [-0.3, -0.25) is 9.59 Å². The van der Waals surface area contributed by atoms with Gasteiger partial charge in [-0.15, -0.1) is 11.3 Å². The van der Waals surface area contributed by atoms with Crippen LogP contribution < -0.4 is 15.4 Å². The first-order valence-corrected chi connectivity index (χ1v) is 9.37. The summed E-state index contributed by atoms with van der Waals surface area (Å²) in [6.07, 6.45) is 1.84. The van der Waals surface area contributed by atoms with Crippen molar-refractivity contribution < 1.29 is 19.4 Å². The van der Waals surface area contributed by atoms with Gasteiger partial charge in [-0.1, -0.05) is 24.3 Å². The highest BCUT2D eigenvalue weighted by molar-refractivity contribution is 7.10. The molecule has 0 unspecified atom stereocenters. The van der Waals surface area contributed by atoms with Crippen molar-refractivity contribution in [3.8, 4) is 5.75 Å². The highest BCUT2D eigenvalue weighted by Gasteiger charge is 2.46. The Morgan fingerprint density at radius 1 is 1.19 bits per heavy atom. The Morgan fingerprint density at radius 3 is 2.58 bits per heavy atom. The number of hydrogen-bond acceptors (Lipinski definition) is 5. The molecule has 1 aliphatic rings. The molecule has 7 heteroatoms. The van der Waals surface area contributed by atoms with E-state index in [9.17, 15) is 14.7 Å². The van der Waals surface area contributed by atoms with Gasteiger partial charge in [0.05, 0.1) is 13.7 Å². The molecule has 1 saturated carbocycles. The summed E-state index contributed by atoms with van der Waals surface area (Å²) in [6.45, 7) is 0.215. The lowest BCUT2D eigenvalue weighted by Gasteiger charge is -2.27. The van der Waals surface area contributed by atoms with Gasteiger partial charge >= 0.3 is 11.8 Å². The number of nitrogens with one attached hydrogen (secondary N) is 2. The number of amides is 2. The molecule has 6 nitrogen and oxygen atoms in total. The molecule has 1 aliphatic carbocycles. The van der Waals surface area contributed by atoms with Gasteiger partial charge in [0.25, 0.3) is 0 Å². The summed E-state index contributed by atoms with van der Waals surface area (Å²) in [7, 11) is 1.55. The van der Waals surface area contributed by atoms with Crippen LogP contribution in [0.2, 0.25) is 0 Å². The minimum Gasteiger partial charge on any atom is -0.496 e. The van der Waals surface area contributed by atoms with Crippen LogP contribution in [0.15, 0.2) is 41.8 Å². The van der Waals surface area contributed by atoms with Gasteiger partial charge < -0.3 is 20.5 Å².